The van der Waals surface area contributed by atoms with E-state index < -0.39 is 0 Å². The summed E-state index contributed by atoms with van der Waals surface area (Å²) in [6, 6.07) is 13.8. The fourth-order valence-electron chi connectivity index (χ4n) is 1.82. The van der Waals surface area contributed by atoms with E-state index in [9.17, 15) is 4.79 Å². The highest BCUT2D eigenvalue weighted by molar-refractivity contribution is 6.44. The Bertz CT molecular complexity index is 707. The summed E-state index contributed by atoms with van der Waals surface area (Å²) in [5.41, 5.74) is 1.24. The number of rotatable bonds is 2. The Kier molecular flexibility index (Phi) is 4.29. The molecule has 0 N–H and O–H groups in total. The molecule has 0 aliphatic rings. The smallest absolute Gasteiger partial charge is 0.259 e. The Morgan fingerprint density at radius 3 is 2.55 bits per heavy atom. The van der Waals surface area contributed by atoms with Crippen molar-refractivity contribution in [2.24, 2.45) is 0 Å². The molecule has 0 aliphatic carbocycles. The Morgan fingerprint density at radius 1 is 1.15 bits per heavy atom. The quantitative estimate of drug-likeness (QED) is 0.837. The van der Waals surface area contributed by atoms with E-state index >= 15 is 0 Å². The zero-order chi connectivity index (χ0) is 14.7. The first kappa shape index (κ1) is 14.4. The average molecular weight is 305 g/mol. The van der Waals surface area contributed by atoms with Crippen LogP contribution in [0.2, 0.25) is 10.0 Å². The van der Waals surface area contributed by atoms with Crippen molar-refractivity contribution in [1.29, 1.82) is 5.26 Å². The van der Waals surface area contributed by atoms with Gasteiger partial charge in [-0.05, 0) is 24.3 Å². The summed E-state index contributed by atoms with van der Waals surface area (Å²) >= 11 is 12.0. The first-order chi connectivity index (χ1) is 9.56. The highest BCUT2D eigenvalue weighted by Gasteiger charge is 2.19. The van der Waals surface area contributed by atoms with Crippen LogP contribution in [0.1, 0.15) is 15.9 Å². The molecule has 100 valence electrons. The lowest BCUT2D eigenvalue weighted by Crippen LogP contribution is -2.27. The lowest BCUT2D eigenvalue weighted by atomic mass is 10.1. The van der Waals surface area contributed by atoms with Gasteiger partial charge in [0.2, 0.25) is 0 Å². The highest BCUT2D eigenvalue weighted by atomic mass is 35.5. The van der Waals surface area contributed by atoms with Crippen LogP contribution in [-0.4, -0.2) is 13.0 Å². The van der Waals surface area contributed by atoms with Crippen molar-refractivity contribution in [1.82, 2.24) is 0 Å². The minimum absolute atomic E-state index is 0.209. The topological polar surface area (TPSA) is 44.1 Å². The summed E-state index contributed by atoms with van der Waals surface area (Å²) < 4.78 is 0. The number of carbonyl (C=O) groups is 1. The molecule has 2 aromatic carbocycles. The molecule has 0 aliphatic heterocycles. The fourth-order valence-corrected chi connectivity index (χ4v) is 2.20. The van der Waals surface area contributed by atoms with E-state index in [1.807, 2.05) is 0 Å². The third kappa shape index (κ3) is 2.62. The van der Waals surface area contributed by atoms with Crippen LogP contribution in [0.4, 0.5) is 5.69 Å². The second-order valence-electron chi connectivity index (χ2n) is 4.09. The highest BCUT2D eigenvalue weighted by Crippen LogP contribution is 2.28. The van der Waals surface area contributed by atoms with Gasteiger partial charge in [-0.3, -0.25) is 4.79 Å². The van der Waals surface area contributed by atoms with E-state index in [-0.39, 0.29) is 10.9 Å². The lowest BCUT2D eigenvalue weighted by Gasteiger charge is -2.19. The Morgan fingerprint density at radius 2 is 1.85 bits per heavy atom. The van der Waals surface area contributed by atoms with Crippen molar-refractivity contribution in [2.75, 3.05) is 11.9 Å². The van der Waals surface area contributed by atoms with E-state index in [1.165, 1.54) is 4.90 Å². The second-order valence-corrected chi connectivity index (χ2v) is 4.88. The van der Waals surface area contributed by atoms with Gasteiger partial charge in [0.25, 0.3) is 5.91 Å². The van der Waals surface area contributed by atoms with Crippen LogP contribution < -0.4 is 4.90 Å². The summed E-state index contributed by atoms with van der Waals surface area (Å²) in [5.74, 6) is -0.319. The summed E-state index contributed by atoms with van der Waals surface area (Å²) in [5, 5.41) is 9.61. The third-order valence-corrected chi connectivity index (χ3v) is 3.69. The van der Waals surface area contributed by atoms with Crippen molar-refractivity contribution < 1.29 is 4.79 Å². The summed E-state index contributed by atoms with van der Waals surface area (Å²) in [7, 11) is 1.59. The van der Waals surface area contributed by atoms with E-state index in [1.54, 1.807) is 49.5 Å². The maximum Gasteiger partial charge on any atom is 0.259 e. The minimum atomic E-state index is -0.319. The van der Waals surface area contributed by atoms with Crippen LogP contribution in [0.5, 0.6) is 0 Å². The molecule has 0 saturated heterocycles. The fraction of sp³-hybridized carbons (Fsp3) is 0.0667. The summed E-state index contributed by atoms with van der Waals surface area (Å²) in [6.07, 6.45) is 0. The van der Waals surface area contributed by atoms with Gasteiger partial charge in [0.15, 0.2) is 0 Å². The van der Waals surface area contributed by atoms with Gasteiger partial charge in [0, 0.05) is 7.05 Å². The summed E-state index contributed by atoms with van der Waals surface area (Å²) in [6.45, 7) is 0. The van der Waals surface area contributed by atoms with E-state index in [0.29, 0.717) is 21.8 Å². The number of hydrogen-bond donors (Lipinski definition) is 0. The van der Waals surface area contributed by atoms with Gasteiger partial charge < -0.3 is 4.90 Å². The summed E-state index contributed by atoms with van der Waals surface area (Å²) in [4.78, 5) is 13.8. The lowest BCUT2D eigenvalue weighted by molar-refractivity contribution is 0.0993. The number of para-hydroxylation sites is 1. The molecule has 5 heteroatoms. The maximum absolute atomic E-state index is 12.5. The molecule has 0 heterocycles. The maximum atomic E-state index is 12.5. The molecule has 0 radical (unpaired) electrons. The molecular weight excluding hydrogens is 295 g/mol. The van der Waals surface area contributed by atoms with Crippen molar-refractivity contribution in [3.8, 4) is 6.07 Å². The first-order valence-electron chi connectivity index (χ1n) is 5.77. The number of nitriles is 1. The molecule has 2 aromatic rings. The minimum Gasteiger partial charge on any atom is -0.310 e. The predicted molar refractivity (Wildman–Crippen MR) is 80.4 cm³/mol. The van der Waals surface area contributed by atoms with Gasteiger partial charge in [0.1, 0.15) is 6.07 Å². The molecule has 0 aromatic heterocycles. The number of hydrogen-bond acceptors (Lipinski definition) is 2. The Balaban J connectivity index is 2.44. The normalized spacial score (nSPS) is 9.90. The Hall–Kier alpha value is -2.02. The molecule has 2 rings (SSSR count). The van der Waals surface area contributed by atoms with Crippen LogP contribution in [0.15, 0.2) is 42.5 Å². The molecule has 0 saturated carbocycles. The number of benzene rings is 2. The average Bonchev–Trinajstić information content (AvgIpc) is 2.48. The molecule has 20 heavy (non-hydrogen) atoms. The monoisotopic (exact) mass is 304 g/mol. The molecule has 0 atom stereocenters. The van der Waals surface area contributed by atoms with Gasteiger partial charge in [0.05, 0.1) is 26.9 Å². The van der Waals surface area contributed by atoms with Crippen molar-refractivity contribution in [3.63, 3.8) is 0 Å². The van der Waals surface area contributed by atoms with Gasteiger partial charge in [-0.25, -0.2) is 0 Å². The van der Waals surface area contributed by atoms with Crippen molar-refractivity contribution in [3.05, 3.63) is 63.6 Å². The van der Waals surface area contributed by atoms with Crippen molar-refractivity contribution in [2.45, 2.75) is 0 Å². The van der Waals surface area contributed by atoms with E-state index in [4.69, 9.17) is 28.5 Å². The van der Waals surface area contributed by atoms with Gasteiger partial charge in [-0.1, -0.05) is 41.4 Å². The largest absolute Gasteiger partial charge is 0.310 e. The molecule has 3 nitrogen and oxygen atoms in total. The van der Waals surface area contributed by atoms with Gasteiger partial charge in [-0.2, -0.15) is 5.26 Å². The number of halogens is 2. The van der Waals surface area contributed by atoms with Crippen LogP contribution >= 0.6 is 23.2 Å². The predicted octanol–water partition coefficient (Wildman–Crippen LogP) is 4.14. The molecule has 0 spiro atoms. The standard InChI is InChI=1S/C15H10Cl2N2O/c1-19(13-8-3-2-5-10(13)9-18)15(20)11-6-4-7-12(16)14(11)17/h2-8H,1H3. The molecular formula is C15H10Cl2N2O. The molecule has 1 amide bonds. The third-order valence-electron chi connectivity index (χ3n) is 2.87. The number of nitrogens with zero attached hydrogens (tertiary/aromatic N) is 2. The zero-order valence-corrected chi connectivity index (χ0v) is 12.1. The van der Waals surface area contributed by atoms with E-state index in [0.717, 1.165) is 0 Å². The molecule has 0 bridgehead atoms. The van der Waals surface area contributed by atoms with Crippen molar-refractivity contribution >= 4 is 34.8 Å². The molecule has 0 fully saturated rings. The first-order valence-corrected chi connectivity index (χ1v) is 6.53. The number of carbonyl (C=O) groups excluding carboxylic acids is 1. The second kappa shape index (κ2) is 5.96. The van der Waals surface area contributed by atoms with Gasteiger partial charge in [-0.15, -0.1) is 0 Å². The zero-order valence-electron chi connectivity index (χ0n) is 10.6. The van der Waals surface area contributed by atoms with Crippen LogP contribution in [0.3, 0.4) is 0 Å². The number of anilines is 1. The molecule has 0 unspecified atom stereocenters. The SMILES string of the molecule is CN(C(=O)c1cccc(Cl)c1Cl)c1ccccc1C#N. The number of amides is 1. The Labute approximate surface area is 127 Å². The van der Waals surface area contributed by atoms with E-state index in [2.05, 4.69) is 6.07 Å². The van der Waals surface area contributed by atoms with Gasteiger partial charge >= 0.3 is 0 Å². The van der Waals surface area contributed by atoms with Crippen LogP contribution in [0.25, 0.3) is 0 Å². The van der Waals surface area contributed by atoms with Crippen LogP contribution in [0, 0.1) is 11.3 Å². The van der Waals surface area contributed by atoms with Crippen LogP contribution in [-0.2, 0) is 0 Å².